The summed E-state index contributed by atoms with van der Waals surface area (Å²) in [7, 11) is 0. The van der Waals surface area contributed by atoms with Gasteiger partial charge in [-0.1, -0.05) is 6.07 Å². The number of rotatable bonds is 2. The van der Waals surface area contributed by atoms with Gasteiger partial charge >= 0.3 is 0 Å². The molecule has 1 saturated heterocycles. The summed E-state index contributed by atoms with van der Waals surface area (Å²) in [6.07, 6.45) is 2.58. The van der Waals surface area contributed by atoms with Gasteiger partial charge < -0.3 is 10.3 Å². The van der Waals surface area contributed by atoms with E-state index in [-0.39, 0.29) is 0 Å². The number of imidazole rings is 1. The first kappa shape index (κ1) is 11.9. The van der Waals surface area contributed by atoms with E-state index in [9.17, 15) is 0 Å². The van der Waals surface area contributed by atoms with E-state index in [1.807, 2.05) is 0 Å². The molecule has 1 aromatic carbocycles. The largest absolute Gasteiger partial charge is 0.369 e. The molecular weight excluding hydrogens is 242 g/mol. The molecule has 1 fully saturated rings. The van der Waals surface area contributed by atoms with Crippen LogP contribution in [0.1, 0.15) is 25.3 Å². The summed E-state index contributed by atoms with van der Waals surface area (Å²) >= 11 is 2.06. The monoisotopic (exact) mass is 261 g/mol. The fourth-order valence-electron chi connectivity index (χ4n) is 2.71. The third kappa shape index (κ3) is 1.99. The molecule has 2 aromatic rings. The van der Waals surface area contributed by atoms with Crippen molar-refractivity contribution in [1.82, 2.24) is 9.55 Å². The van der Waals surface area contributed by atoms with Gasteiger partial charge in [0.15, 0.2) is 0 Å². The Kier molecular flexibility index (Phi) is 2.77. The van der Waals surface area contributed by atoms with E-state index in [1.165, 1.54) is 29.7 Å². The quantitative estimate of drug-likeness (QED) is 0.902. The van der Waals surface area contributed by atoms with Crippen molar-refractivity contribution in [2.45, 2.75) is 38.0 Å². The van der Waals surface area contributed by atoms with Gasteiger partial charge in [-0.25, -0.2) is 4.98 Å². The van der Waals surface area contributed by atoms with Gasteiger partial charge in [0.2, 0.25) is 5.95 Å². The van der Waals surface area contributed by atoms with Crippen molar-refractivity contribution >= 4 is 28.7 Å². The van der Waals surface area contributed by atoms with Gasteiger partial charge in [0, 0.05) is 11.3 Å². The molecule has 3 nitrogen and oxygen atoms in total. The molecule has 96 valence electrons. The second-order valence-corrected chi connectivity index (χ2v) is 7.13. The Morgan fingerprint density at radius 1 is 1.50 bits per heavy atom. The van der Waals surface area contributed by atoms with Crippen LogP contribution < -0.4 is 5.73 Å². The molecule has 4 heteroatoms. The van der Waals surface area contributed by atoms with Crippen LogP contribution in [0.5, 0.6) is 0 Å². The van der Waals surface area contributed by atoms with Gasteiger partial charge in [-0.05, 0) is 50.1 Å². The van der Waals surface area contributed by atoms with E-state index < -0.39 is 0 Å². The number of aromatic nitrogens is 2. The molecule has 1 aromatic heterocycles. The zero-order valence-electron chi connectivity index (χ0n) is 10.9. The van der Waals surface area contributed by atoms with E-state index in [1.54, 1.807) is 0 Å². The predicted octanol–water partition coefficient (Wildman–Crippen LogP) is 3.21. The van der Waals surface area contributed by atoms with Crippen molar-refractivity contribution in [3.05, 3.63) is 23.8 Å². The Hall–Kier alpha value is -1.16. The normalized spacial score (nSPS) is 23.9. The van der Waals surface area contributed by atoms with Crippen molar-refractivity contribution in [3.63, 3.8) is 0 Å². The van der Waals surface area contributed by atoms with Crippen LogP contribution in [0.25, 0.3) is 11.0 Å². The lowest BCUT2D eigenvalue weighted by Gasteiger charge is -2.24. The lowest BCUT2D eigenvalue weighted by Crippen LogP contribution is -2.24. The zero-order valence-corrected chi connectivity index (χ0v) is 11.8. The van der Waals surface area contributed by atoms with Crippen molar-refractivity contribution in [2.24, 2.45) is 0 Å². The first-order chi connectivity index (χ1) is 8.57. The fraction of sp³-hybridized carbons (Fsp3) is 0.500. The van der Waals surface area contributed by atoms with E-state index >= 15 is 0 Å². The van der Waals surface area contributed by atoms with Gasteiger partial charge in [0.05, 0.1) is 11.0 Å². The second kappa shape index (κ2) is 4.19. The van der Waals surface area contributed by atoms with E-state index in [0.717, 1.165) is 12.1 Å². The molecule has 1 aliphatic heterocycles. The Morgan fingerprint density at radius 2 is 2.33 bits per heavy atom. The number of nitrogen functional groups attached to an aromatic ring is 1. The number of hydrogen-bond acceptors (Lipinski definition) is 3. The Bertz CT molecular complexity index is 582. The van der Waals surface area contributed by atoms with E-state index in [4.69, 9.17) is 5.73 Å². The van der Waals surface area contributed by atoms with Gasteiger partial charge in [-0.2, -0.15) is 11.8 Å². The number of aryl methyl sites for hydroxylation is 1. The van der Waals surface area contributed by atoms with Crippen molar-refractivity contribution in [1.29, 1.82) is 0 Å². The van der Waals surface area contributed by atoms with Gasteiger partial charge in [0.1, 0.15) is 0 Å². The number of anilines is 1. The molecular formula is C14H19N3S. The summed E-state index contributed by atoms with van der Waals surface area (Å²) in [6.45, 7) is 5.41. The number of benzene rings is 1. The van der Waals surface area contributed by atoms with Crippen LogP contribution in [-0.4, -0.2) is 20.1 Å². The lowest BCUT2D eigenvalue weighted by molar-refractivity contribution is 0.522. The molecule has 0 radical (unpaired) electrons. The van der Waals surface area contributed by atoms with Crippen molar-refractivity contribution < 1.29 is 0 Å². The number of thioether (sulfide) groups is 1. The molecule has 0 saturated carbocycles. The molecule has 1 unspecified atom stereocenters. The minimum absolute atomic E-state index is 0.311. The van der Waals surface area contributed by atoms with Crippen LogP contribution >= 0.6 is 11.8 Å². The summed E-state index contributed by atoms with van der Waals surface area (Å²) in [5.41, 5.74) is 9.51. The summed E-state index contributed by atoms with van der Waals surface area (Å²) in [4.78, 5) is 4.46. The molecule has 2 heterocycles. The highest BCUT2D eigenvalue weighted by Crippen LogP contribution is 2.40. The van der Waals surface area contributed by atoms with Crippen molar-refractivity contribution in [2.75, 3.05) is 11.5 Å². The molecule has 3 rings (SSSR count). The van der Waals surface area contributed by atoms with E-state index in [2.05, 4.69) is 53.4 Å². The molecule has 0 aliphatic carbocycles. The van der Waals surface area contributed by atoms with E-state index in [0.29, 0.717) is 10.7 Å². The molecule has 0 spiro atoms. The molecule has 0 bridgehead atoms. The summed E-state index contributed by atoms with van der Waals surface area (Å²) in [6, 6.07) is 6.33. The Balaban J connectivity index is 2.05. The SMILES string of the molecule is Cc1ccc2nc(N)n(CC3(C)CCCS3)c2c1. The van der Waals surface area contributed by atoms with Crippen LogP contribution in [0.3, 0.4) is 0 Å². The summed E-state index contributed by atoms with van der Waals surface area (Å²) in [5, 5.41) is 0. The summed E-state index contributed by atoms with van der Waals surface area (Å²) < 4.78 is 2.49. The van der Waals surface area contributed by atoms with Crippen molar-refractivity contribution in [3.8, 4) is 0 Å². The lowest BCUT2D eigenvalue weighted by atomic mass is 10.1. The Morgan fingerprint density at radius 3 is 3.06 bits per heavy atom. The smallest absolute Gasteiger partial charge is 0.201 e. The predicted molar refractivity (Wildman–Crippen MR) is 79.0 cm³/mol. The third-order valence-electron chi connectivity index (χ3n) is 3.73. The van der Waals surface area contributed by atoms with Gasteiger partial charge in [-0.15, -0.1) is 0 Å². The fourth-order valence-corrected chi connectivity index (χ4v) is 4.00. The maximum Gasteiger partial charge on any atom is 0.201 e. The third-order valence-corrected chi connectivity index (χ3v) is 5.25. The zero-order chi connectivity index (χ0) is 12.8. The number of nitrogens with zero attached hydrogens (tertiary/aromatic N) is 2. The van der Waals surface area contributed by atoms with Crippen LogP contribution in [0.4, 0.5) is 5.95 Å². The minimum atomic E-state index is 0.311. The second-order valence-electron chi connectivity index (χ2n) is 5.45. The number of hydrogen-bond donors (Lipinski definition) is 1. The topological polar surface area (TPSA) is 43.8 Å². The average Bonchev–Trinajstić information content (AvgIpc) is 2.86. The highest BCUT2D eigenvalue weighted by atomic mass is 32.2. The van der Waals surface area contributed by atoms with Gasteiger partial charge in [0.25, 0.3) is 0 Å². The van der Waals surface area contributed by atoms with Crippen LogP contribution in [0, 0.1) is 6.92 Å². The number of nitrogens with two attached hydrogens (primary N) is 1. The maximum atomic E-state index is 6.08. The van der Waals surface area contributed by atoms with Gasteiger partial charge in [-0.3, -0.25) is 0 Å². The molecule has 1 atom stereocenters. The highest BCUT2D eigenvalue weighted by molar-refractivity contribution is 8.00. The standard InChI is InChI=1S/C14H19N3S/c1-10-4-5-11-12(8-10)17(13(15)16-11)9-14(2)6-3-7-18-14/h4-5,8H,3,6-7,9H2,1-2H3,(H2,15,16). The minimum Gasteiger partial charge on any atom is -0.369 e. The van der Waals surface area contributed by atoms with Crippen LogP contribution in [-0.2, 0) is 6.54 Å². The van der Waals surface area contributed by atoms with Crippen LogP contribution in [0.2, 0.25) is 0 Å². The van der Waals surface area contributed by atoms with Crippen LogP contribution in [0.15, 0.2) is 18.2 Å². The summed E-state index contributed by atoms with van der Waals surface area (Å²) in [5.74, 6) is 1.91. The Labute approximate surface area is 112 Å². The highest BCUT2D eigenvalue weighted by Gasteiger charge is 2.31. The maximum absolute atomic E-state index is 6.08. The molecule has 18 heavy (non-hydrogen) atoms. The first-order valence-electron chi connectivity index (χ1n) is 6.44. The average molecular weight is 261 g/mol. The number of fused-ring (bicyclic) bond motifs is 1. The molecule has 0 amide bonds. The molecule has 1 aliphatic rings. The first-order valence-corrected chi connectivity index (χ1v) is 7.42. The molecule has 2 N–H and O–H groups in total.